The summed E-state index contributed by atoms with van der Waals surface area (Å²) < 4.78 is 69.4. The Morgan fingerprint density at radius 1 is 1.09 bits per heavy atom. The number of carbonyl (C=O) groups is 2. The first-order chi connectivity index (χ1) is 26.0. The van der Waals surface area contributed by atoms with E-state index in [0.717, 1.165) is 18.2 Å². The molecule has 1 aliphatic rings. The van der Waals surface area contributed by atoms with Gasteiger partial charge in [-0.25, -0.2) is 27.6 Å². The molecule has 2 atom stereocenters. The number of carbonyl (C=O) groups excluding carboxylic acids is 2. The lowest BCUT2D eigenvalue weighted by Gasteiger charge is -2.40. The number of benzene rings is 3. The molecular formula is C39H38F3N5O6S. The van der Waals surface area contributed by atoms with Gasteiger partial charge in [-0.2, -0.15) is 10.4 Å². The maximum atomic E-state index is 15.9. The number of likely N-dealkylation sites (N-methyl/N-ethyl adjacent to an activating group) is 1. The Kier molecular flexibility index (Phi) is 13.8. The third-order valence-electron chi connectivity index (χ3n) is 8.33. The topological polar surface area (TPSA) is 129 Å². The highest BCUT2D eigenvalue weighted by atomic mass is 32.2. The third kappa shape index (κ3) is 10.4. The van der Waals surface area contributed by atoms with Crippen molar-refractivity contribution in [3.8, 4) is 6.07 Å². The zero-order valence-corrected chi connectivity index (χ0v) is 30.5. The van der Waals surface area contributed by atoms with E-state index in [4.69, 9.17) is 24.2 Å². The molecule has 0 bridgehead atoms. The lowest BCUT2D eigenvalue weighted by Crippen LogP contribution is -2.47. The summed E-state index contributed by atoms with van der Waals surface area (Å²) in [6.45, 7) is 1.80. The molecular weight excluding hydrogens is 724 g/mol. The first-order valence-electron chi connectivity index (χ1n) is 16.8. The molecule has 1 fully saturated rings. The van der Waals surface area contributed by atoms with E-state index in [2.05, 4.69) is 10.1 Å². The zero-order valence-electron chi connectivity index (χ0n) is 29.7. The van der Waals surface area contributed by atoms with Crippen molar-refractivity contribution in [1.82, 2.24) is 19.7 Å². The molecule has 15 heteroatoms. The summed E-state index contributed by atoms with van der Waals surface area (Å²) in [5.41, 5.74) is -0.879. The number of ether oxygens (including phenoxy) is 4. The van der Waals surface area contributed by atoms with Gasteiger partial charge in [0.05, 0.1) is 48.7 Å². The molecule has 0 aliphatic carbocycles. The molecule has 2 heterocycles. The highest BCUT2D eigenvalue weighted by Gasteiger charge is 2.47. The molecule has 11 nitrogen and oxygen atoms in total. The van der Waals surface area contributed by atoms with Gasteiger partial charge in [-0.1, -0.05) is 42.5 Å². The van der Waals surface area contributed by atoms with Gasteiger partial charge < -0.3 is 18.9 Å². The summed E-state index contributed by atoms with van der Waals surface area (Å²) in [7, 11) is 3.45. The van der Waals surface area contributed by atoms with Gasteiger partial charge in [-0.15, -0.1) is 11.8 Å². The van der Waals surface area contributed by atoms with Gasteiger partial charge in [0, 0.05) is 28.0 Å². The fourth-order valence-corrected chi connectivity index (χ4v) is 7.01. The monoisotopic (exact) mass is 761 g/mol. The van der Waals surface area contributed by atoms with Crippen LogP contribution < -0.4 is 0 Å². The maximum absolute atomic E-state index is 15.9. The van der Waals surface area contributed by atoms with E-state index in [1.54, 1.807) is 68.4 Å². The first kappa shape index (κ1) is 39.9. The van der Waals surface area contributed by atoms with Crippen molar-refractivity contribution in [3.05, 3.63) is 137 Å². The Morgan fingerprint density at radius 2 is 1.87 bits per heavy atom. The minimum absolute atomic E-state index is 0.0377. The van der Waals surface area contributed by atoms with Gasteiger partial charge in [0.1, 0.15) is 36.7 Å². The van der Waals surface area contributed by atoms with Crippen LogP contribution in [0.4, 0.5) is 13.2 Å². The van der Waals surface area contributed by atoms with E-state index in [1.165, 1.54) is 53.4 Å². The van der Waals surface area contributed by atoms with E-state index in [0.29, 0.717) is 11.1 Å². The van der Waals surface area contributed by atoms with Crippen molar-refractivity contribution in [1.29, 1.82) is 5.26 Å². The van der Waals surface area contributed by atoms with Crippen molar-refractivity contribution in [3.63, 3.8) is 0 Å². The predicted octanol–water partition coefficient (Wildman–Crippen LogP) is 6.06. The van der Waals surface area contributed by atoms with Gasteiger partial charge in [0.15, 0.2) is 11.9 Å². The number of esters is 2. The summed E-state index contributed by atoms with van der Waals surface area (Å²) in [6, 6.07) is 15.6. The van der Waals surface area contributed by atoms with Crippen molar-refractivity contribution in [2.24, 2.45) is 0 Å². The maximum Gasteiger partial charge on any atom is 0.339 e. The van der Waals surface area contributed by atoms with E-state index in [-0.39, 0.29) is 54.9 Å². The van der Waals surface area contributed by atoms with E-state index < -0.39 is 46.5 Å². The highest BCUT2D eigenvalue weighted by molar-refractivity contribution is 8.00. The van der Waals surface area contributed by atoms with E-state index >= 15 is 4.39 Å². The molecule has 0 amide bonds. The molecule has 54 heavy (non-hydrogen) atoms. The second-order valence-electron chi connectivity index (χ2n) is 12.6. The van der Waals surface area contributed by atoms with E-state index in [9.17, 15) is 18.4 Å². The number of hydrogen-bond donors (Lipinski definition) is 0. The van der Waals surface area contributed by atoms with Crippen molar-refractivity contribution in [2.45, 2.75) is 42.5 Å². The summed E-state index contributed by atoms with van der Waals surface area (Å²) in [5.74, 6) is -3.59. The second kappa shape index (κ2) is 18.7. The minimum atomic E-state index is -1.79. The van der Waals surface area contributed by atoms with Crippen LogP contribution in [0.2, 0.25) is 0 Å². The van der Waals surface area contributed by atoms with Crippen molar-refractivity contribution in [2.75, 3.05) is 33.9 Å². The molecule has 0 saturated carbocycles. The number of hydrogen-bond acceptors (Lipinski definition) is 11. The minimum Gasteiger partial charge on any atom is -0.460 e. The molecule has 1 aliphatic heterocycles. The van der Waals surface area contributed by atoms with Gasteiger partial charge in [-0.3, -0.25) is 9.69 Å². The lowest BCUT2D eigenvalue weighted by atomic mass is 9.89. The normalized spacial score (nSPS) is 17.7. The summed E-state index contributed by atoms with van der Waals surface area (Å²) in [4.78, 5) is 32.1. The van der Waals surface area contributed by atoms with Crippen LogP contribution in [0.15, 0.2) is 91.5 Å². The molecule has 0 spiro atoms. The van der Waals surface area contributed by atoms with Crippen molar-refractivity contribution < 1.29 is 41.7 Å². The predicted molar refractivity (Wildman–Crippen MR) is 194 cm³/mol. The fourth-order valence-electron chi connectivity index (χ4n) is 5.65. The van der Waals surface area contributed by atoms with Crippen LogP contribution in [0.3, 0.4) is 0 Å². The van der Waals surface area contributed by atoms with Crippen LogP contribution in [-0.2, 0) is 42.5 Å². The average Bonchev–Trinajstić information content (AvgIpc) is 3.66. The Morgan fingerprint density at radius 3 is 2.56 bits per heavy atom. The second-order valence-corrected chi connectivity index (χ2v) is 14.2. The molecule has 282 valence electrons. The summed E-state index contributed by atoms with van der Waals surface area (Å²) >= 11 is 1.32. The van der Waals surface area contributed by atoms with Crippen LogP contribution in [0.1, 0.15) is 39.5 Å². The number of nitrogens with zero attached hydrogens (tertiary/aromatic N) is 5. The fraction of sp³-hybridized carbons (Fsp3) is 0.308. The summed E-state index contributed by atoms with van der Waals surface area (Å²) in [5, 5.41) is 12.1. The summed E-state index contributed by atoms with van der Waals surface area (Å²) in [6.07, 6.45) is 8.46. The van der Waals surface area contributed by atoms with Gasteiger partial charge in [0.2, 0.25) is 0 Å². The number of thioether (sulfide) groups is 1. The number of rotatable bonds is 15. The Balaban J connectivity index is 1.36. The molecule has 0 radical (unpaired) electrons. The van der Waals surface area contributed by atoms with Crippen LogP contribution in [0, 0.1) is 28.8 Å². The van der Waals surface area contributed by atoms with Gasteiger partial charge in [0.25, 0.3) is 0 Å². The first-order valence-corrected chi connectivity index (χ1v) is 17.7. The number of allylic oxidation sites excluding steroid dienone is 2. The molecule has 4 aromatic rings. The Bertz CT molecular complexity index is 2010. The number of nitriles is 1. The molecule has 1 saturated heterocycles. The van der Waals surface area contributed by atoms with Gasteiger partial charge >= 0.3 is 11.9 Å². The van der Waals surface area contributed by atoms with Crippen LogP contribution >= 0.6 is 11.8 Å². The standard InChI is InChI=1S/C39H38F3N5O6S/c1-26(54-31-21-51-37(52-22-31)11-7-5-8-28-13-12-27(18-43)16-34(28)41)39(23-47-25-44-24-45-47,33-15-14-30(40)17-35(33)42)53-38(49)32-10-6-4-9-29(32)20-50-36(48)19-46(2)3/h4-17,24-26,31,37H,19-23H2,1-3H3/b8-5+,11-7+/t26-,31-,37-,39-/m1/s1. The SMILES string of the molecule is C[C@@H](S[C@H]1CO[C@H](/C=C/C=C/c2ccc(C#N)cc2F)OC1)[C@@](Cn1cncn1)(OC(=O)c1ccccc1COC(=O)CN(C)C)c1ccc(F)cc1F. The molecule has 3 aromatic carbocycles. The molecule has 5 rings (SSSR count). The highest BCUT2D eigenvalue weighted by Crippen LogP contribution is 2.42. The number of aromatic nitrogens is 3. The Labute approximate surface area is 315 Å². The van der Waals surface area contributed by atoms with Crippen molar-refractivity contribution >= 4 is 29.8 Å². The van der Waals surface area contributed by atoms with Crippen LogP contribution in [0.25, 0.3) is 6.08 Å². The van der Waals surface area contributed by atoms with Gasteiger partial charge in [-0.05, 0) is 57.4 Å². The lowest BCUT2D eigenvalue weighted by molar-refractivity contribution is -0.146. The zero-order chi connectivity index (χ0) is 38.7. The Hall–Kier alpha value is -5.27. The quantitative estimate of drug-likeness (QED) is 0.104. The van der Waals surface area contributed by atoms with Crippen LogP contribution in [0.5, 0.6) is 0 Å². The largest absolute Gasteiger partial charge is 0.460 e. The average molecular weight is 762 g/mol. The molecule has 0 unspecified atom stereocenters. The smallest absolute Gasteiger partial charge is 0.339 e. The third-order valence-corrected chi connectivity index (χ3v) is 9.77. The molecule has 1 aromatic heterocycles. The number of halogens is 3. The molecule has 0 N–H and O–H groups in total. The van der Waals surface area contributed by atoms with E-state index in [1.807, 2.05) is 6.07 Å². The van der Waals surface area contributed by atoms with Crippen LogP contribution in [-0.4, -0.2) is 82.2 Å².